The Bertz CT molecular complexity index is 1100. The van der Waals surface area contributed by atoms with Crippen LogP contribution >= 0.6 is 0 Å². The number of rotatable bonds is 6. The van der Waals surface area contributed by atoms with Crippen molar-refractivity contribution in [2.75, 3.05) is 11.9 Å². The standard InChI is InChI=1S/C28H33N3O2/c1-18-13-22(32)14-19(2)23(18)17-25(29)28(33)31-27-9-6-12-30-26-11-10-21(16-24(26)27)15-20-7-4-3-5-8-20/h3-5,7-8,10-11,13-14,16,25,27,30,32H,6,9,12,15,17,29H2,1-2H3,(H,31,33). The zero-order valence-electron chi connectivity index (χ0n) is 19.4. The second-order valence-corrected chi connectivity index (χ2v) is 9.08. The van der Waals surface area contributed by atoms with Gasteiger partial charge < -0.3 is 21.5 Å². The largest absolute Gasteiger partial charge is 0.508 e. The van der Waals surface area contributed by atoms with Crippen LogP contribution in [0, 0.1) is 13.8 Å². The summed E-state index contributed by atoms with van der Waals surface area (Å²) in [6.07, 6.45) is 3.13. The van der Waals surface area contributed by atoms with Gasteiger partial charge in [0.1, 0.15) is 5.75 Å². The second kappa shape index (κ2) is 10.1. The molecule has 0 saturated heterocycles. The van der Waals surface area contributed by atoms with Crippen LogP contribution in [-0.2, 0) is 17.6 Å². The molecule has 1 aliphatic rings. The lowest BCUT2D eigenvalue weighted by Crippen LogP contribution is -2.43. The van der Waals surface area contributed by atoms with Gasteiger partial charge in [0, 0.05) is 12.2 Å². The van der Waals surface area contributed by atoms with Gasteiger partial charge in [-0.3, -0.25) is 4.79 Å². The average molecular weight is 444 g/mol. The second-order valence-electron chi connectivity index (χ2n) is 9.08. The summed E-state index contributed by atoms with van der Waals surface area (Å²) in [6, 6.07) is 19.6. The predicted molar refractivity (Wildman–Crippen MR) is 134 cm³/mol. The first kappa shape index (κ1) is 22.9. The molecular weight excluding hydrogens is 410 g/mol. The minimum absolute atomic E-state index is 0.0775. The van der Waals surface area contributed by atoms with Gasteiger partial charge >= 0.3 is 0 Å². The summed E-state index contributed by atoms with van der Waals surface area (Å²) in [4.78, 5) is 13.1. The molecule has 0 bridgehead atoms. The zero-order chi connectivity index (χ0) is 23.4. The van der Waals surface area contributed by atoms with Crippen LogP contribution in [0.25, 0.3) is 0 Å². The molecule has 5 nitrogen and oxygen atoms in total. The van der Waals surface area contributed by atoms with E-state index in [2.05, 4.69) is 53.1 Å². The third kappa shape index (κ3) is 5.55. The summed E-state index contributed by atoms with van der Waals surface area (Å²) in [5, 5.41) is 16.5. The molecular formula is C28H33N3O2. The van der Waals surface area contributed by atoms with Crippen LogP contribution in [0.5, 0.6) is 5.75 Å². The molecule has 4 rings (SSSR count). The Balaban J connectivity index is 1.51. The highest BCUT2D eigenvalue weighted by molar-refractivity contribution is 5.82. The van der Waals surface area contributed by atoms with E-state index in [9.17, 15) is 9.90 Å². The number of carbonyl (C=O) groups excluding carboxylic acids is 1. The Labute approximate surface area is 196 Å². The lowest BCUT2D eigenvalue weighted by Gasteiger charge is -2.23. The van der Waals surface area contributed by atoms with Crippen molar-refractivity contribution in [1.82, 2.24) is 5.32 Å². The van der Waals surface area contributed by atoms with E-state index in [1.165, 1.54) is 11.1 Å². The Hall–Kier alpha value is -3.31. The molecule has 1 amide bonds. The van der Waals surface area contributed by atoms with Gasteiger partial charge in [0.25, 0.3) is 0 Å². The first-order valence-electron chi connectivity index (χ1n) is 11.7. The molecule has 3 aromatic rings. The fourth-order valence-corrected chi connectivity index (χ4v) is 4.72. The normalized spacial score (nSPS) is 16.3. The van der Waals surface area contributed by atoms with Crippen molar-refractivity contribution in [3.63, 3.8) is 0 Å². The number of nitrogens with two attached hydrogens (primary N) is 1. The van der Waals surface area contributed by atoms with E-state index >= 15 is 0 Å². The summed E-state index contributed by atoms with van der Waals surface area (Å²) in [5.74, 6) is 0.0915. The predicted octanol–water partition coefficient (Wildman–Crippen LogP) is 4.53. The van der Waals surface area contributed by atoms with Gasteiger partial charge in [-0.15, -0.1) is 0 Å². The molecule has 0 spiro atoms. The molecule has 1 aliphatic heterocycles. The third-order valence-corrected chi connectivity index (χ3v) is 6.49. The number of amides is 1. The van der Waals surface area contributed by atoms with Crippen LogP contribution in [0.3, 0.4) is 0 Å². The number of aryl methyl sites for hydroxylation is 2. The van der Waals surface area contributed by atoms with Crippen molar-refractivity contribution in [2.45, 2.75) is 51.6 Å². The van der Waals surface area contributed by atoms with E-state index in [1.54, 1.807) is 12.1 Å². The van der Waals surface area contributed by atoms with E-state index in [0.29, 0.717) is 6.42 Å². The smallest absolute Gasteiger partial charge is 0.237 e. The molecule has 0 fully saturated rings. The molecule has 5 N–H and O–H groups in total. The lowest BCUT2D eigenvalue weighted by molar-refractivity contribution is -0.123. The van der Waals surface area contributed by atoms with Crippen molar-refractivity contribution in [1.29, 1.82) is 0 Å². The van der Waals surface area contributed by atoms with Crippen LogP contribution in [0.2, 0.25) is 0 Å². The number of aromatic hydroxyl groups is 1. The van der Waals surface area contributed by atoms with Gasteiger partial charge in [0.05, 0.1) is 12.1 Å². The van der Waals surface area contributed by atoms with Gasteiger partial charge in [-0.25, -0.2) is 0 Å². The maximum atomic E-state index is 13.1. The van der Waals surface area contributed by atoms with Crippen LogP contribution < -0.4 is 16.4 Å². The lowest BCUT2D eigenvalue weighted by atomic mass is 9.94. The van der Waals surface area contributed by atoms with Crippen molar-refractivity contribution in [2.24, 2.45) is 5.73 Å². The monoisotopic (exact) mass is 443 g/mol. The zero-order valence-corrected chi connectivity index (χ0v) is 19.4. The van der Waals surface area contributed by atoms with Gasteiger partial charge in [-0.2, -0.15) is 0 Å². The van der Waals surface area contributed by atoms with E-state index in [-0.39, 0.29) is 17.7 Å². The van der Waals surface area contributed by atoms with E-state index in [0.717, 1.165) is 53.7 Å². The fraction of sp³-hybridized carbons (Fsp3) is 0.321. The molecule has 2 unspecified atom stereocenters. The van der Waals surface area contributed by atoms with Gasteiger partial charge in [0.2, 0.25) is 5.91 Å². The highest BCUT2D eigenvalue weighted by Crippen LogP contribution is 2.31. The molecule has 3 aromatic carbocycles. The minimum Gasteiger partial charge on any atom is -0.508 e. The van der Waals surface area contributed by atoms with Crippen molar-refractivity contribution < 1.29 is 9.90 Å². The van der Waals surface area contributed by atoms with Gasteiger partial charge in [-0.05, 0) is 91.1 Å². The molecule has 33 heavy (non-hydrogen) atoms. The van der Waals surface area contributed by atoms with E-state index in [1.807, 2.05) is 19.9 Å². The first-order valence-corrected chi connectivity index (χ1v) is 11.7. The number of phenolic OH excluding ortho intramolecular Hbond substituents is 1. The quantitative estimate of drug-likeness (QED) is 0.451. The van der Waals surface area contributed by atoms with Gasteiger partial charge in [0.15, 0.2) is 0 Å². The molecule has 1 heterocycles. The molecule has 0 aromatic heterocycles. The van der Waals surface area contributed by atoms with E-state index < -0.39 is 6.04 Å². The maximum Gasteiger partial charge on any atom is 0.237 e. The number of carbonyl (C=O) groups is 1. The number of phenols is 1. The van der Waals surface area contributed by atoms with Crippen LogP contribution in [0.1, 0.15) is 52.3 Å². The Morgan fingerprint density at radius 2 is 1.82 bits per heavy atom. The van der Waals surface area contributed by atoms with Crippen molar-refractivity contribution in [3.05, 3.63) is 94.0 Å². The summed E-state index contributed by atoms with van der Waals surface area (Å²) < 4.78 is 0. The highest BCUT2D eigenvalue weighted by Gasteiger charge is 2.24. The van der Waals surface area contributed by atoms with Crippen LogP contribution in [-0.4, -0.2) is 23.6 Å². The average Bonchev–Trinajstić information content (AvgIpc) is 2.98. The van der Waals surface area contributed by atoms with Crippen LogP contribution in [0.15, 0.2) is 60.7 Å². The SMILES string of the molecule is Cc1cc(O)cc(C)c1CC(N)C(=O)NC1CCCNc2ccc(Cc3ccccc3)cc21. The Morgan fingerprint density at radius 3 is 2.55 bits per heavy atom. The number of hydrogen-bond donors (Lipinski definition) is 4. The Kier molecular flexibility index (Phi) is 6.99. The summed E-state index contributed by atoms with van der Waals surface area (Å²) >= 11 is 0. The Morgan fingerprint density at radius 1 is 1.09 bits per heavy atom. The topological polar surface area (TPSA) is 87.4 Å². The molecule has 2 atom stereocenters. The fourth-order valence-electron chi connectivity index (χ4n) is 4.72. The summed E-state index contributed by atoms with van der Waals surface area (Å²) in [6.45, 7) is 4.76. The number of benzene rings is 3. The van der Waals surface area contributed by atoms with E-state index in [4.69, 9.17) is 5.73 Å². The highest BCUT2D eigenvalue weighted by atomic mass is 16.3. The molecule has 172 valence electrons. The maximum absolute atomic E-state index is 13.1. The van der Waals surface area contributed by atoms with Crippen molar-refractivity contribution >= 4 is 11.6 Å². The number of nitrogens with one attached hydrogen (secondary N) is 2. The first-order chi connectivity index (χ1) is 15.9. The molecule has 0 saturated carbocycles. The third-order valence-electron chi connectivity index (χ3n) is 6.49. The van der Waals surface area contributed by atoms with Crippen molar-refractivity contribution in [3.8, 4) is 5.75 Å². The minimum atomic E-state index is -0.654. The van der Waals surface area contributed by atoms with Crippen LogP contribution in [0.4, 0.5) is 5.69 Å². The number of fused-ring (bicyclic) bond motifs is 1. The number of hydrogen-bond acceptors (Lipinski definition) is 4. The molecule has 0 aliphatic carbocycles. The molecule has 5 heteroatoms. The molecule has 0 radical (unpaired) electrons. The summed E-state index contributed by atoms with van der Waals surface area (Å²) in [7, 11) is 0. The number of anilines is 1. The van der Waals surface area contributed by atoms with Gasteiger partial charge in [-0.1, -0.05) is 42.5 Å². The summed E-state index contributed by atoms with van der Waals surface area (Å²) in [5.41, 5.74) is 13.9.